The van der Waals surface area contributed by atoms with Gasteiger partial charge in [0.2, 0.25) is 5.91 Å². The van der Waals surface area contributed by atoms with Crippen LogP contribution in [-0.2, 0) is 11.3 Å². The summed E-state index contributed by atoms with van der Waals surface area (Å²) in [5.74, 6) is 0.714. The van der Waals surface area contributed by atoms with Gasteiger partial charge in [-0.3, -0.25) is 4.79 Å². The minimum Gasteiger partial charge on any atom is -0.496 e. The first-order chi connectivity index (χ1) is 8.17. The molecule has 0 aliphatic rings. The van der Waals surface area contributed by atoms with Crippen molar-refractivity contribution < 1.29 is 14.6 Å². The fourth-order valence-corrected chi connectivity index (χ4v) is 1.94. The molecule has 0 atom stereocenters. The molecule has 0 aliphatic carbocycles. The highest BCUT2D eigenvalue weighted by Gasteiger charge is 2.03. The predicted molar refractivity (Wildman–Crippen MR) is 68.9 cm³/mol. The summed E-state index contributed by atoms with van der Waals surface area (Å²) in [6.07, 6.45) is 0.853. The molecule has 0 radical (unpaired) electrons. The number of aliphatic hydroxyl groups excluding tert-OH is 1. The number of methoxy groups -OCH3 is 1. The topological polar surface area (TPSA) is 58.6 Å². The number of rotatable bonds is 6. The van der Waals surface area contributed by atoms with Crippen LogP contribution in [0.4, 0.5) is 0 Å². The van der Waals surface area contributed by atoms with Crippen LogP contribution in [0.1, 0.15) is 18.4 Å². The maximum absolute atomic E-state index is 11.3. The van der Waals surface area contributed by atoms with Gasteiger partial charge < -0.3 is 15.2 Å². The summed E-state index contributed by atoms with van der Waals surface area (Å²) in [4.78, 5) is 11.3. The molecule has 4 nitrogen and oxygen atoms in total. The molecule has 0 fully saturated rings. The van der Waals surface area contributed by atoms with Crippen LogP contribution in [-0.4, -0.2) is 24.7 Å². The van der Waals surface area contributed by atoms with E-state index in [0.717, 1.165) is 15.8 Å². The number of ether oxygens (including phenoxy) is 1. The van der Waals surface area contributed by atoms with Crippen LogP contribution in [0.2, 0.25) is 0 Å². The van der Waals surface area contributed by atoms with E-state index in [1.807, 2.05) is 18.2 Å². The van der Waals surface area contributed by atoms with E-state index in [9.17, 15) is 4.79 Å². The molecule has 0 saturated heterocycles. The number of carbonyl (C=O) groups excluding carboxylic acids is 1. The lowest BCUT2D eigenvalue weighted by atomic mass is 10.2. The molecule has 5 heteroatoms. The second kappa shape index (κ2) is 7.29. The summed E-state index contributed by atoms with van der Waals surface area (Å²) in [6, 6.07) is 5.65. The van der Waals surface area contributed by atoms with Crippen LogP contribution in [0.5, 0.6) is 5.75 Å². The van der Waals surface area contributed by atoms with Crippen LogP contribution in [0, 0.1) is 0 Å². The van der Waals surface area contributed by atoms with Crippen molar-refractivity contribution >= 4 is 21.8 Å². The Morgan fingerprint density at radius 1 is 1.53 bits per heavy atom. The predicted octanol–water partition coefficient (Wildman–Crippen LogP) is 1.85. The SMILES string of the molecule is COc1ccc(CNC(=O)CCCO)cc1Br. The van der Waals surface area contributed by atoms with E-state index in [1.54, 1.807) is 7.11 Å². The third kappa shape index (κ3) is 4.75. The highest BCUT2D eigenvalue weighted by Crippen LogP contribution is 2.25. The Hall–Kier alpha value is -1.07. The minimum atomic E-state index is -0.0500. The number of nitrogens with one attached hydrogen (secondary N) is 1. The number of hydrogen-bond acceptors (Lipinski definition) is 3. The number of amides is 1. The molecule has 0 unspecified atom stereocenters. The Kier molecular flexibility index (Phi) is 6.00. The van der Waals surface area contributed by atoms with Crippen LogP contribution < -0.4 is 10.1 Å². The van der Waals surface area contributed by atoms with Crippen LogP contribution in [0.15, 0.2) is 22.7 Å². The smallest absolute Gasteiger partial charge is 0.220 e. The first kappa shape index (κ1) is 14.0. The van der Waals surface area contributed by atoms with Crippen LogP contribution in [0.25, 0.3) is 0 Å². The molecule has 0 aliphatic heterocycles. The molecule has 0 bridgehead atoms. The summed E-state index contributed by atoms with van der Waals surface area (Å²) < 4.78 is 5.98. The highest BCUT2D eigenvalue weighted by atomic mass is 79.9. The average Bonchev–Trinajstić information content (AvgIpc) is 2.34. The monoisotopic (exact) mass is 301 g/mol. The summed E-state index contributed by atoms with van der Waals surface area (Å²) in [5, 5.41) is 11.4. The number of hydrogen-bond donors (Lipinski definition) is 2. The lowest BCUT2D eigenvalue weighted by Crippen LogP contribution is -2.22. The first-order valence-electron chi connectivity index (χ1n) is 5.37. The Morgan fingerprint density at radius 3 is 2.88 bits per heavy atom. The fraction of sp³-hybridized carbons (Fsp3) is 0.417. The molecule has 0 spiro atoms. The van der Waals surface area contributed by atoms with Crippen LogP contribution >= 0.6 is 15.9 Å². The molecule has 17 heavy (non-hydrogen) atoms. The molecule has 94 valence electrons. The van der Waals surface area contributed by atoms with E-state index in [4.69, 9.17) is 9.84 Å². The zero-order chi connectivity index (χ0) is 12.7. The van der Waals surface area contributed by atoms with Gasteiger partial charge in [0.1, 0.15) is 5.75 Å². The minimum absolute atomic E-state index is 0.0432. The molecule has 0 heterocycles. The van der Waals surface area contributed by atoms with Crippen molar-refractivity contribution in [2.45, 2.75) is 19.4 Å². The van der Waals surface area contributed by atoms with Gasteiger partial charge in [-0.15, -0.1) is 0 Å². The van der Waals surface area contributed by atoms with E-state index < -0.39 is 0 Å². The van der Waals surface area contributed by atoms with Gasteiger partial charge >= 0.3 is 0 Å². The lowest BCUT2D eigenvalue weighted by molar-refractivity contribution is -0.121. The van der Waals surface area contributed by atoms with E-state index >= 15 is 0 Å². The van der Waals surface area contributed by atoms with Gasteiger partial charge in [-0.05, 0) is 40.0 Å². The summed E-state index contributed by atoms with van der Waals surface area (Å²) in [7, 11) is 1.61. The van der Waals surface area contributed by atoms with Gasteiger partial charge in [0.25, 0.3) is 0 Å². The van der Waals surface area contributed by atoms with Gasteiger partial charge in [0.05, 0.1) is 11.6 Å². The second-order valence-electron chi connectivity index (χ2n) is 3.57. The molecule has 1 aromatic rings. The Balaban J connectivity index is 2.47. The van der Waals surface area contributed by atoms with Gasteiger partial charge in [-0.1, -0.05) is 6.07 Å². The Bertz CT molecular complexity index is 382. The van der Waals surface area contributed by atoms with Crippen molar-refractivity contribution in [2.24, 2.45) is 0 Å². The summed E-state index contributed by atoms with van der Waals surface area (Å²) in [5.41, 5.74) is 0.995. The van der Waals surface area contributed by atoms with Gasteiger partial charge in [-0.25, -0.2) is 0 Å². The van der Waals surface area contributed by atoms with Crippen LogP contribution in [0.3, 0.4) is 0 Å². The molecular weight excluding hydrogens is 286 g/mol. The molecule has 1 aromatic carbocycles. The molecule has 1 amide bonds. The maximum Gasteiger partial charge on any atom is 0.220 e. The van der Waals surface area contributed by atoms with E-state index in [-0.39, 0.29) is 12.5 Å². The Labute approximate surface area is 109 Å². The number of aliphatic hydroxyl groups is 1. The van der Waals surface area contributed by atoms with Crippen molar-refractivity contribution in [1.29, 1.82) is 0 Å². The van der Waals surface area contributed by atoms with Gasteiger partial charge in [0, 0.05) is 19.6 Å². The molecule has 2 N–H and O–H groups in total. The summed E-state index contributed by atoms with van der Waals surface area (Å²) >= 11 is 3.39. The molecule has 1 rings (SSSR count). The van der Waals surface area contributed by atoms with Gasteiger partial charge in [0.15, 0.2) is 0 Å². The molecule has 0 aromatic heterocycles. The normalized spacial score (nSPS) is 10.1. The largest absolute Gasteiger partial charge is 0.496 e. The third-order valence-corrected chi connectivity index (χ3v) is 2.89. The van der Waals surface area contributed by atoms with E-state index in [2.05, 4.69) is 21.2 Å². The maximum atomic E-state index is 11.3. The second-order valence-corrected chi connectivity index (χ2v) is 4.43. The van der Waals surface area contributed by atoms with Crippen molar-refractivity contribution in [2.75, 3.05) is 13.7 Å². The highest BCUT2D eigenvalue weighted by molar-refractivity contribution is 9.10. The Morgan fingerprint density at radius 2 is 2.29 bits per heavy atom. The van der Waals surface area contributed by atoms with Crippen molar-refractivity contribution in [3.8, 4) is 5.75 Å². The quantitative estimate of drug-likeness (QED) is 0.843. The first-order valence-corrected chi connectivity index (χ1v) is 6.16. The lowest BCUT2D eigenvalue weighted by Gasteiger charge is -2.07. The molecule has 0 saturated carbocycles. The van der Waals surface area contributed by atoms with E-state index in [1.165, 1.54) is 0 Å². The summed E-state index contributed by atoms with van der Waals surface area (Å²) in [6.45, 7) is 0.522. The van der Waals surface area contributed by atoms with Gasteiger partial charge in [-0.2, -0.15) is 0 Å². The van der Waals surface area contributed by atoms with Crippen molar-refractivity contribution in [3.63, 3.8) is 0 Å². The van der Waals surface area contributed by atoms with E-state index in [0.29, 0.717) is 19.4 Å². The van der Waals surface area contributed by atoms with Crippen molar-refractivity contribution in [3.05, 3.63) is 28.2 Å². The fourth-order valence-electron chi connectivity index (χ4n) is 1.35. The molecular formula is C12H16BrNO3. The number of benzene rings is 1. The zero-order valence-electron chi connectivity index (χ0n) is 9.70. The standard InChI is InChI=1S/C12H16BrNO3/c1-17-11-5-4-9(7-10(11)13)8-14-12(16)3-2-6-15/h4-5,7,15H,2-3,6,8H2,1H3,(H,14,16). The number of halogens is 1. The number of carbonyl (C=O) groups is 1. The zero-order valence-corrected chi connectivity index (χ0v) is 11.3. The average molecular weight is 302 g/mol. The third-order valence-electron chi connectivity index (χ3n) is 2.27. The van der Waals surface area contributed by atoms with Crippen molar-refractivity contribution in [1.82, 2.24) is 5.32 Å².